The van der Waals surface area contributed by atoms with Crippen molar-refractivity contribution in [1.82, 2.24) is 9.78 Å². The summed E-state index contributed by atoms with van der Waals surface area (Å²) in [6.07, 6.45) is 2.88. The summed E-state index contributed by atoms with van der Waals surface area (Å²) in [5.41, 5.74) is 8.65. The summed E-state index contributed by atoms with van der Waals surface area (Å²) >= 11 is 5.67. The molecule has 0 saturated heterocycles. The molecule has 0 fully saturated rings. The van der Waals surface area contributed by atoms with E-state index in [4.69, 9.17) is 17.1 Å². The molecule has 2 rings (SSSR count). The Morgan fingerprint density at radius 2 is 2.31 bits per heavy atom. The molecular formula is C9H5ClFN5. The number of hydrogen-bond acceptors (Lipinski definition) is 2. The van der Waals surface area contributed by atoms with Crippen molar-refractivity contribution in [3.8, 4) is 5.69 Å². The van der Waals surface area contributed by atoms with Crippen LogP contribution in [-0.2, 0) is 0 Å². The molecule has 0 atom stereocenters. The Morgan fingerprint density at radius 3 is 2.88 bits per heavy atom. The molecular weight excluding hydrogens is 233 g/mol. The SMILES string of the molecule is [N-]=[N+]=Nc1ccc(-n2cc(Cl)cn2)c(F)c1. The Bertz CT molecular complexity index is 573. The predicted octanol–water partition coefficient (Wildman–Crippen LogP) is 3.61. The van der Waals surface area contributed by atoms with Crippen LogP contribution in [0.1, 0.15) is 0 Å². The molecule has 1 aromatic carbocycles. The van der Waals surface area contributed by atoms with Crippen LogP contribution in [0.25, 0.3) is 16.1 Å². The Morgan fingerprint density at radius 1 is 1.50 bits per heavy atom. The minimum atomic E-state index is -0.537. The minimum Gasteiger partial charge on any atom is -0.236 e. The van der Waals surface area contributed by atoms with Gasteiger partial charge >= 0.3 is 0 Å². The predicted molar refractivity (Wildman–Crippen MR) is 57.3 cm³/mol. The monoisotopic (exact) mass is 237 g/mol. The average molecular weight is 238 g/mol. The molecule has 1 heterocycles. The third kappa shape index (κ3) is 1.98. The fourth-order valence-electron chi connectivity index (χ4n) is 1.23. The highest BCUT2D eigenvalue weighted by Gasteiger charge is 2.06. The Balaban J connectivity index is 2.47. The van der Waals surface area contributed by atoms with Gasteiger partial charge in [-0.25, -0.2) is 9.07 Å². The molecule has 0 amide bonds. The second-order valence-corrected chi connectivity index (χ2v) is 3.36. The zero-order valence-corrected chi connectivity index (χ0v) is 8.63. The van der Waals surface area contributed by atoms with E-state index in [0.717, 1.165) is 6.07 Å². The summed E-state index contributed by atoms with van der Waals surface area (Å²) in [5.74, 6) is -0.537. The number of halogens is 2. The van der Waals surface area contributed by atoms with Gasteiger partial charge in [0.1, 0.15) is 11.5 Å². The van der Waals surface area contributed by atoms with Gasteiger partial charge in [-0.15, -0.1) is 0 Å². The van der Waals surface area contributed by atoms with Crippen LogP contribution in [0.4, 0.5) is 10.1 Å². The number of rotatable bonds is 2. The van der Waals surface area contributed by atoms with Crippen LogP contribution in [-0.4, -0.2) is 9.78 Å². The summed E-state index contributed by atoms with van der Waals surface area (Å²) in [4.78, 5) is 2.57. The lowest BCUT2D eigenvalue weighted by molar-refractivity contribution is 0.611. The van der Waals surface area contributed by atoms with Gasteiger partial charge < -0.3 is 0 Å². The van der Waals surface area contributed by atoms with E-state index in [0.29, 0.717) is 5.02 Å². The molecule has 0 unspecified atom stereocenters. The molecule has 7 heteroatoms. The van der Waals surface area contributed by atoms with Crippen molar-refractivity contribution < 1.29 is 4.39 Å². The van der Waals surface area contributed by atoms with E-state index >= 15 is 0 Å². The van der Waals surface area contributed by atoms with Crippen molar-refractivity contribution in [2.75, 3.05) is 0 Å². The largest absolute Gasteiger partial charge is 0.236 e. The lowest BCUT2D eigenvalue weighted by Gasteiger charge is -2.02. The molecule has 1 aromatic heterocycles. The number of hydrogen-bond donors (Lipinski definition) is 0. The van der Waals surface area contributed by atoms with Gasteiger partial charge in [0.05, 0.1) is 11.2 Å². The van der Waals surface area contributed by atoms with Gasteiger partial charge in [-0.3, -0.25) is 0 Å². The van der Waals surface area contributed by atoms with E-state index in [1.807, 2.05) is 0 Å². The van der Waals surface area contributed by atoms with E-state index in [2.05, 4.69) is 15.1 Å². The maximum absolute atomic E-state index is 13.6. The second-order valence-electron chi connectivity index (χ2n) is 2.93. The molecule has 80 valence electrons. The molecule has 0 spiro atoms. The highest BCUT2D eigenvalue weighted by atomic mass is 35.5. The molecule has 0 aliphatic heterocycles. The first-order chi connectivity index (χ1) is 7.70. The topological polar surface area (TPSA) is 66.6 Å². The number of nitrogens with zero attached hydrogens (tertiary/aromatic N) is 5. The molecule has 16 heavy (non-hydrogen) atoms. The lowest BCUT2D eigenvalue weighted by Crippen LogP contribution is -1.97. The Kier molecular flexibility index (Phi) is 2.76. The standard InChI is InChI=1S/C9H5ClFN5/c10-6-4-13-16(5-6)9-2-1-7(14-15-12)3-8(9)11/h1-5H. The summed E-state index contributed by atoms with van der Waals surface area (Å²) in [7, 11) is 0. The fourth-order valence-corrected chi connectivity index (χ4v) is 1.36. The molecule has 2 aromatic rings. The molecule has 0 bridgehead atoms. The number of aromatic nitrogens is 2. The van der Waals surface area contributed by atoms with Crippen LogP contribution in [0.5, 0.6) is 0 Å². The van der Waals surface area contributed by atoms with E-state index < -0.39 is 5.82 Å². The lowest BCUT2D eigenvalue weighted by atomic mass is 10.3. The average Bonchev–Trinajstić information content (AvgIpc) is 2.65. The van der Waals surface area contributed by atoms with Gasteiger partial charge in [-0.1, -0.05) is 22.8 Å². The van der Waals surface area contributed by atoms with Crippen LogP contribution in [0.2, 0.25) is 5.02 Å². The van der Waals surface area contributed by atoms with Gasteiger partial charge in [-0.2, -0.15) is 5.10 Å². The van der Waals surface area contributed by atoms with Gasteiger partial charge in [0, 0.05) is 16.8 Å². The van der Waals surface area contributed by atoms with Crippen molar-refractivity contribution >= 4 is 17.3 Å². The van der Waals surface area contributed by atoms with Crippen molar-refractivity contribution in [3.05, 3.63) is 51.9 Å². The molecule has 0 N–H and O–H groups in total. The highest BCUT2D eigenvalue weighted by molar-refractivity contribution is 6.30. The maximum Gasteiger partial charge on any atom is 0.149 e. The zero-order valence-electron chi connectivity index (χ0n) is 7.88. The molecule has 0 radical (unpaired) electrons. The third-order valence-corrected chi connectivity index (χ3v) is 2.08. The maximum atomic E-state index is 13.6. The van der Waals surface area contributed by atoms with E-state index in [9.17, 15) is 4.39 Å². The van der Waals surface area contributed by atoms with Crippen molar-refractivity contribution in [1.29, 1.82) is 0 Å². The first-order valence-electron chi connectivity index (χ1n) is 4.26. The normalized spacial score (nSPS) is 9.88. The van der Waals surface area contributed by atoms with Gasteiger partial charge in [-0.05, 0) is 17.7 Å². The second kappa shape index (κ2) is 4.22. The summed E-state index contributed by atoms with van der Waals surface area (Å²) in [5, 5.41) is 7.57. The minimum absolute atomic E-state index is 0.210. The van der Waals surface area contributed by atoms with Gasteiger partial charge in [0.2, 0.25) is 0 Å². The van der Waals surface area contributed by atoms with Crippen molar-refractivity contribution in [3.63, 3.8) is 0 Å². The van der Waals surface area contributed by atoms with Crippen molar-refractivity contribution in [2.45, 2.75) is 0 Å². The van der Waals surface area contributed by atoms with Gasteiger partial charge in [0.15, 0.2) is 0 Å². The summed E-state index contributed by atoms with van der Waals surface area (Å²) in [6, 6.07) is 4.08. The Labute approximate surface area is 94.7 Å². The van der Waals surface area contributed by atoms with E-state index in [-0.39, 0.29) is 11.4 Å². The third-order valence-electron chi connectivity index (χ3n) is 1.89. The van der Waals surface area contributed by atoms with Crippen LogP contribution in [0.3, 0.4) is 0 Å². The Hall–Kier alpha value is -2.04. The molecule has 0 aliphatic carbocycles. The first kappa shape index (κ1) is 10.5. The smallest absolute Gasteiger partial charge is 0.149 e. The molecule has 0 aliphatic rings. The van der Waals surface area contributed by atoms with Crippen LogP contribution >= 0.6 is 11.6 Å². The molecule has 5 nitrogen and oxygen atoms in total. The fraction of sp³-hybridized carbons (Fsp3) is 0. The highest BCUT2D eigenvalue weighted by Crippen LogP contribution is 2.21. The van der Waals surface area contributed by atoms with Crippen LogP contribution < -0.4 is 0 Å². The number of azide groups is 1. The number of benzene rings is 1. The van der Waals surface area contributed by atoms with E-state index in [1.54, 1.807) is 0 Å². The van der Waals surface area contributed by atoms with Crippen LogP contribution in [0.15, 0.2) is 35.7 Å². The summed E-state index contributed by atoms with van der Waals surface area (Å²) in [6.45, 7) is 0. The molecule has 0 saturated carbocycles. The summed E-state index contributed by atoms with van der Waals surface area (Å²) < 4.78 is 14.9. The first-order valence-corrected chi connectivity index (χ1v) is 4.63. The quantitative estimate of drug-likeness (QED) is 0.447. The van der Waals surface area contributed by atoms with E-state index in [1.165, 1.54) is 29.2 Å². The zero-order chi connectivity index (χ0) is 11.5. The van der Waals surface area contributed by atoms with Crippen LogP contribution in [0, 0.1) is 5.82 Å². The van der Waals surface area contributed by atoms with Crippen molar-refractivity contribution in [2.24, 2.45) is 5.11 Å². The van der Waals surface area contributed by atoms with Gasteiger partial charge in [0.25, 0.3) is 0 Å².